The van der Waals surface area contributed by atoms with Gasteiger partial charge in [0.05, 0.1) is 12.6 Å². The SMILES string of the molecule is CCN(C(=O)C(N)COC)C1CCSc2ccc(Br)cc21. The molecular formula is C15H21BrN2O2S. The van der Waals surface area contributed by atoms with Crippen molar-refractivity contribution in [3.63, 3.8) is 0 Å². The molecule has 2 atom stereocenters. The number of rotatable bonds is 5. The first-order valence-corrected chi connectivity index (χ1v) is 8.83. The van der Waals surface area contributed by atoms with Crippen LogP contribution in [0.2, 0.25) is 0 Å². The van der Waals surface area contributed by atoms with Crippen molar-refractivity contribution in [3.05, 3.63) is 28.2 Å². The van der Waals surface area contributed by atoms with E-state index in [4.69, 9.17) is 10.5 Å². The summed E-state index contributed by atoms with van der Waals surface area (Å²) >= 11 is 5.37. The van der Waals surface area contributed by atoms with Gasteiger partial charge in [-0.2, -0.15) is 0 Å². The molecule has 116 valence electrons. The number of fused-ring (bicyclic) bond motifs is 1. The Morgan fingerprint density at radius 1 is 1.62 bits per heavy atom. The van der Waals surface area contributed by atoms with Crippen LogP contribution in [0.1, 0.15) is 24.9 Å². The van der Waals surface area contributed by atoms with E-state index in [-0.39, 0.29) is 18.6 Å². The fraction of sp³-hybridized carbons (Fsp3) is 0.533. The standard InChI is InChI=1S/C15H21BrN2O2S/c1-3-18(15(19)12(17)9-20-2)13-6-7-21-14-5-4-10(16)8-11(13)14/h4-5,8,12-13H,3,6-7,9,17H2,1-2H3. The van der Waals surface area contributed by atoms with Gasteiger partial charge in [-0.1, -0.05) is 15.9 Å². The first-order valence-electron chi connectivity index (χ1n) is 7.05. The van der Waals surface area contributed by atoms with Crippen molar-refractivity contribution >= 4 is 33.6 Å². The summed E-state index contributed by atoms with van der Waals surface area (Å²) in [5.41, 5.74) is 7.14. The molecule has 2 rings (SSSR count). The number of hydrogen-bond acceptors (Lipinski definition) is 4. The average molecular weight is 373 g/mol. The molecule has 4 nitrogen and oxygen atoms in total. The Morgan fingerprint density at radius 3 is 3.05 bits per heavy atom. The molecular weight excluding hydrogens is 352 g/mol. The molecule has 1 aliphatic heterocycles. The van der Waals surface area contributed by atoms with Crippen molar-refractivity contribution in [2.24, 2.45) is 5.73 Å². The number of carbonyl (C=O) groups excluding carboxylic acids is 1. The van der Waals surface area contributed by atoms with Crippen LogP contribution < -0.4 is 5.73 Å². The molecule has 6 heteroatoms. The van der Waals surface area contributed by atoms with E-state index in [0.717, 1.165) is 16.6 Å². The fourth-order valence-electron chi connectivity index (χ4n) is 2.66. The maximum absolute atomic E-state index is 12.6. The smallest absolute Gasteiger partial charge is 0.242 e. The molecule has 0 fully saturated rings. The largest absolute Gasteiger partial charge is 0.383 e. The predicted octanol–water partition coefficient (Wildman–Crippen LogP) is 2.81. The van der Waals surface area contributed by atoms with E-state index < -0.39 is 6.04 Å². The van der Waals surface area contributed by atoms with Crippen molar-refractivity contribution in [3.8, 4) is 0 Å². The van der Waals surface area contributed by atoms with E-state index in [9.17, 15) is 4.79 Å². The normalized spacial score (nSPS) is 19.0. The number of likely N-dealkylation sites (N-methyl/N-ethyl adjacent to an activating group) is 1. The number of thioether (sulfide) groups is 1. The highest BCUT2D eigenvalue weighted by Gasteiger charge is 2.31. The molecule has 1 amide bonds. The molecule has 0 aromatic heterocycles. The summed E-state index contributed by atoms with van der Waals surface area (Å²) in [7, 11) is 1.56. The molecule has 1 aromatic carbocycles. The minimum Gasteiger partial charge on any atom is -0.383 e. The van der Waals surface area contributed by atoms with E-state index in [0.29, 0.717) is 6.54 Å². The third-order valence-electron chi connectivity index (χ3n) is 3.64. The molecule has 21 heavy (non-hydrogen) atoms. The Labute approximate surface area is 138 Å². The topological polar surface area (TPSA) is 55.6 Å². The number of nitrogens with zero attached hydrogens (tertiary/aromatic N) is 1. The molecule has 1 aromatic rings. The van der Waals surface area contributed by atoms with Crippen LogP contribution in [0.3, 0.4) is 0 Å². The van der Waals surface area contributed by atoms with Crippen molar-refractivity contribution in [1.29, 1.82) is 0 Å². The number of hydrogen-bond donors (Lipinski definition) is 1. The number of carbonyl (C=O) groups is 1. The highest BCUT2D eigenvalue weighted by atomic mass is 79.9. The van der Waals surface area contributed by atoms with Crippen molar-refractivity contribution < 1.29 is 9.53 Å². The van der Waals surface area contributed by atoms with Crippen LogP contribution in [0.15, 0.2) is 27.6 Å². The zero-order valence-corrected chi connectivity index (χ0v) is 14.7. The van der Waals surface area contributed by atoms with Gasteiger partial charge in [0.15, 0.2) is 0 Å². The average Bonchev–Trinajstić information content (AvgIpc) is 2.48. The van der Waals surface area contributed by atoms with E-state index in [1.165, 1.54) is 10.5 Å². The molecule has 0 spiro atoms. The summed E-state index contributed by atoms with van der Waals surface area (Å²) in [5.74, 6) is 0.977. The van der Waals surface area contributed by atoms with Gasteiger partial charge in [-0.15, -0.1) is 11.8 Å². The lowest BCUT2D eigenvalue weighted by Gasteiger charge is -2.36. The third kappa shape index (κ3) is 3.80. The van der Waals surface area contributed by atoms with Gasteiger partial charge in [0, 0.05) is 28.8 Å². The zero-order valence-electron chi connectivity index (χ0n) is 12.3. The number of nitrogens with two attached hydrogens (primary N) is 1. The Balaban J connectivity index is 2.28. The Morgan fingerprint density at radius 2 is 2.38 bits per heavy atom. The lowest BCUT2D eigenvalue weighted by molar-refractivity contribution is -0.136. The van der Waals surface area contributed by atoms with Crippen LogP contribution in [0.5, 0.6) is 0 Å². The maximum Gasteiger partial charge on any atom is 0.242 e. The lowest BCUT2D eigenvalue weighted by Crippen LogP contribution is -2.48. The minimum absolute atomic E-state index is 0.0397. The lowest BCUT2D eigenvalue weighted by atomic mass is 10.0. The summed E-state index contributed by atoms with van der Waals surface area (Å²) in [6, 6.07) is 5.77. The zero-order chi connectivity index (χ0) is 15.4. The molecule has 0 saturated carbocycles. The van der Waals surface area contributed by atoms with Gasteiger partial charge < -0.3 is 15.4 Å². The van der Waals surface area contributed by atoms with E-state index >= 15 is 0 Å². The molecule has 0 bridgehead atoms. The second-order valence-electron chi connectivity index (χ2n) is 5.02. The Kier molecular flexibility index (Phi) is 6.10. The highest BCUT2D eigenvalue weighted by molar-refractivity contribution is 9.10. The van der Waals surface area contributed by atoms with Gasteiger partial charge in [0.2, 0.25) is 5.91 Å². The second-order valence-corrected chi connectivity index (χ2v) is 7.07. The van der Waals surface area contributed by atoms with E-state index in [1.807, 2.05) is 29.7 Å². The van der Waals surface area contributed by atoms with Gasteiger partial charge in [-0.05, 0) is 37.1 Å². The second kappa shape index (κ2) is 7.63. The Bertz CT molecular complexity index is 512. The maximum atomic E-state index is 12.6. The van der Waals surface area contributed by atoms with Crippen molar-refractivity contribution in [2.75, 3.05) is 26.0 Å². The first-order chi connectivity index (χ1) is 10.1. The van der Waals surface area contributed by atoms with Gasteiger partial charge in [0.1, 0.15) is 6.04 Å². The summed E-state index contributed by atoms with van der Waals surface area (Å²) in [6.07, 6.45) is 0.952. The number of halogens is 1. The molecule has 2 N–H and O–H groups in total. The van der Waals surface area contributed by atoms with Crippen LogP contribution in [0.4, 0.5) is 0 Å². The number of amides is 1. The van der Waals surface area contributed by atoms with Crippen LogP contribution in [0, 0.1) is 0 Å². The number of methoxy groups -OCH3 is 1. The predicted molar refractivity (Wildman–Crippen MR) is 89.5 cm³/mol. The van der Waals surface area contributed by atoms with Gasteiger partial charge >= 0.3 is 0 Å². The van der Waals surface area contributed by atoms with Crippen LogP contribution >= 0.6 is 27.7 Å². The molecule has 0 aliphatic carbocycles. The quantitative estimate of drug-likeness (QED) is 0.863. The summed E-state index contributed by atoms with van der Waals surface area (Å²) < 4.78 is 6.05. The minimum atomic E-state index is -0.597. The van der Waals surface area contributed by atoms with Crippen LogP contribution in [-0.4, -0.2) is 42.9 Å². The van der Waals surface area contributed by atoms with Gasteiger partial charge in [-0.3, -0.25) is 4.79 Å². The van der Waals surface area contributed by atoms with Gasteiger partial charge in [-0.25, -0.2) is 0 Å². The van der Waals surface area contributed by atoms with E-state index in [1.54, 1.807) is 7.11 Å². The molecule has 2 unspecified atom stereocenters. The molecule has 0 radical (unpaired) electrons. The van der Waals surface area contributed by atoms with Crippen LogP contribution in [0.25, 0.3) is 0 Å². The summed E-state index contributed by atoms with van der Waals surface area (Å²) in [6.45, 7) is 2.90. The monoisotopic (exact) mass is 372 g/mol. The van der Waals surface area contributed by atoms with Crippen LogP contribution in [-0.2, 0) is 9.53 Å². The first kappa shape index (κ1) is 16.8. The number of benzene rings is 1. The molecule has 1 aliphatic rings. The van der Waals surface area contributed by atoms with Gasteiger partial charge in [0.25, 0.3) is 0 Å². The molecule has 0 saturated heterocycles. The van der Waals surface area contributed by atoms with Crippen molar-refractivity contribution in [1.82, 2.24) is 4.90 Å². The third-order valence-corrected chi connectivity index (χ3v) is 5.26. The van der Waals surface area contributed by atoms with Crippen molar-refractivity contribution in [2.45, 2.75) is 30.3 Å². The van der Waals surface area contributed by atoms with E-state index in [2.05, 4.69) is 28.1 Å². The highest BCUT2D eigenvalue weighted by Crippen LogP contribution is 2.40. The summed E-state index contributed by atoms with van der Waals surface area (Å²) in [5, 5.41) is 0. The molecule has 1 heterocycles. The number of ether oxygens (including phenoxy) is 1. The summed E-state index contributed by atoms with van der Waals surface area (Å²) in [4.78, 5) is 15.7. The Hall–Kier alpha value is -0.560. The fourth-order valence-corrected chi connectivity index (χ4v) is 4.13.